The third-order valence-corrected chi connectivity index (χ3v) is 5.26. The predicted molar refractivity (Wildman–Crippen MR) is 109 cm³/mol. The van der Waals surface area contributed by atoms with E-state index in [1.807, 2.05) is 25.1 Å². The Morgan fingerprint density at radius 1 is 1.18 bits per heavy atom. The third kappa shape index (κ3) is 5.22. The van der Waals surface area contributed by atoms with Crippen LogP contribution in [-0.2, 0) is 11.3 Å². The molecule has 1 amide bonds. The summed E-state index contributed by atoms with van der Waals surface area (Å²) < 4.78 is 19.3. The SMILES string of the molecule is COc1ccc(C)cc1NC(=O)CN1CCN(Cc2c(F)cccc2Cl)CC1. The molecular formula is C21H25ClFN3O2. The number of hydrogen-bond acceptors (Lipinski definition) is 4. The number of ether oxygens (including phenoxy) is 1. The number of carbonyl (C=O) groups excluding carboxylic acids is 1. The molecule has 1 saturated heterocycles. The Hall–Kier alpha value is -2.15. The molecule has 0 atom stereocenters. The number of rotatable bonds is 6. The average Bonchev–Trinajstić information content (AvgIpc) is 2.66. The molecule has 2 aromatic carbocycles. The highest BCUT2D eigenvalue weighted by Crippen LogP contribution is 2.25. The van der Waals surface area contributed by atoms with E-state index in [-0.39, 0.29) is 11.7 Å². The smallest absolute Gasteiger partial charge is 0.238 e. The van der Waals surface area contributed by atoms with Crippen LogP contribution in [0, 0.1) is 12.7 Å². The summed E-state index contributed by atoms with van der Waals surface area (Å²) in [4.78, 5) is 16.7. The van der Waals surface area contributed by atoms with Crippen molar-refractivity contribution < 1.29 is 13.9 Å². The average molecular weight is 406 g/mol. The van der Waals surface area contributed by atoms with E-state index in [0.29, 0.717) is 35.1 Å². The van der Waals surface area contributed by atoms with Crippen LogP contribution >= 0.6 is 11.6 Å². The number of hydrogen-bond donors (Lipinski definition) is 1. The van der Waals surface area contributed by atoms with Gasteiger partial charge in [-0.3, -0.25) is 14.6 Å². The zero-order valence-electron chi connectivity index (χ0n) is 16.2. The van der Waals surface area contributed by atoms with Crippen LogP contribution in [0.4, 0.5) is 10.1 Å². The molecule has 1 N–H and O–H groups in total. The van der Waals surface area contributed by atoms with Crippen LogP contribution in [0.1, 0.15) is 11.1 Å². The molecule has 150 valence electrons. The number of nitrogens with one attached hydrogen (secondary N) is 1. The number of methoxy groups -OCH3 is 1. The summed E-state index contributed by atoms with van der Waals surface area (Å²) in [5, 5.41) is 3.38. The van der Waals surface area contributed by atoms with E-state index < -0.39 is 0 Å². The molecule has 0 radical (unpaired) electrons. The fourth-order valence-electron chi connectivity index (χ4n) is 3.32. The van der Waals surface area contributed by atoms with Gasteiger partial charge in [0.05, 0.1) is 19.3 Å². The van der Waals surface area contributed by atoms with Crippen molar-refractivity contribution in [1.29, 1.82) is 0 Å². The zero-order valence-corrected chi connectivity index (χ0v) is 16.9. The van der Waals surface area contributed by atoms with Gasteiger partial charge in [-0.25, -0.2) is 4.39 Å². The van der Waals surface area contributed by atoms with Crippen molar-refractivity contribution in [2.24, 2.45) is 0 Å². The molecule has 0 saturated carbocycles. The highest BCUT2D eigenvalue weighted by atomic mass is 35.5. The van der Waals surface area contributed by atoms with Crippen LogP contribution in [-0.4, -0.2) is 55.5 Å². The van der Waals surface area contributed by atoms with Crippen LogP contribution in [0.5, 0.6) is 5.75 Å². The Morgan fingerprint density at radius 2 is 1.89 bits per heavy atom. The van der Waals surface area contributed by atoms with Crippen molar-refractivity contribution >= 4 is 23.2 Å². The van der Waals surface area contributed by atoms with Crippen LogP contribution in [0.2, 0.25) is 5.02 Å². The van der Waals surface area contributed by atoms with Crippen molar-refractivity contribution in [1.82, 2.24) is 9.80 Å². The number of benzene rings is 2. The molecule has 7 heteroatoms. The van der Waals surface area contributed by atoms with Crippen molar-refractivity contribution in [3.05, 3.63) is 58.4 Å². The Labute approximate surface area is 170 Å². The minimum absolute atomic E-state index is 0.0745. The van der Waals surface area contributed by atoms with Gasteiger partial charge in [-0.05, 0) is 36.8 Å². The second kappa shape index (κ2) is 9.37. The van der Waals surface area contributed by atoms with Crippen molar-refractivity contribution in [2.75, 3.05) is 45.2 Å². The summed E-state index contributed by atoms with van der Waals surface area (Å²) in [5.74, 6) is 0.293. The molecule has 0 aromatic heterocycles. The summed E-state index contributed by atoms with van der Waals surface area (Å²) in [6.45, 7) is 5.75. The molecule has 0 unspecified atom stereocenters. The Bertz CT molecular complexity index is 818. The number of piperazine rings is 1. The molecule has 5 nitrogen and oxygen atoms in total. The first-order valence-electron chi connectivity index (χ1n) is 9.28. The summed E-state index contributed by atoms with van der Waals surface area (Å²) in [6, 6.07) is 10.4. The van der Waals surface area contributed by atoms with Crippen LogP contribution in [0.15, 0.2) is 36.4 Å². The molecule has 0 aliphatic carbocycles. The molecule has 1 fully saturated rings. The first-order chi connectivity index (χ1) is 13.5. The number of amides is 1. The Balaban J connectivity index is 1.50. The summed E-state index contributed by atoms with van der Waals surface area (Å²) >= 11 is 6.12. The quantitative estimate of drug-likeness (QED) is 0.798. The Kier molecular flexibility index (Phi) is 6.88. The van der Waals surface area contributed by atoms with Crippen molar-refractivity contribution in [2.45, 2.75) is 13.5 Å². The molecule has 28 heavy (non-hydrogen) atoms. The van der Waals surface area contributed by atoms with E-state index in [2.05, 4.69) is 15.1 Å². The number of carbonyl (C=O) groups is 1. The standard InChI is InChI=1S/C21H25ClFN3O2/c1-15-6-7-20(28-2)19(12-15)24-21(27)14-26-10-8-25(9-11-26)13-16-17(22)4-3-5-18(16)23/h3-7,12H,8-11,13-14H2,1-2H3,(H,24,27). The fourth-order valence-corrected chi connectivity index (χ4v) is 3.55. The van der Waals surface area contributed by atoms with Gasteiger partial charge in [0.25, 0.3) is 0 Å². The Morgan fingerprint density at radius 3 is 2.57 bits per heavy atom. The lowest BCUT2D eigenvalue weighted by atomic mass is 10.2. The van der Waals surface area contributed by atoms with Gasteiger partial charge in [0.2, 0.25) is 5.91 Å². The number of anilines is 1. The summed E-state index contributed by atoms with van der Waals surface area (Å²) in [5.41, 5.74) is 2.26. The van der Waals surface area contributed by atoms with Gasteiger partial charge in [-0.1, -0.05) is 23.7 Å². The second-order valence-electron chi connectivity index (χ2n) is 7.00. The molecule has 2 aromatic rings. The molecule has 1 heterocycles. The highest BCUT2D eigenvalue weighted by Gasteiger charge is 2.21. The summed E-state index contributed by atoms with van der Waals surface area (Å²) in [6.07, 6.45) is 0. The van der Waals surface area contributed by atoms with Gasteiger partial charge < -0.3 is 10.1 Å². The normalized spacial score (nSPS) is 15.4. The van der Waals surface area contributed by atoms with Gasteiger partial charge >= 0.3 is 0 Å². The minimum Gasteiger partial charge on any atom is -0.495 e. The lowest BCUT2D eigenvalue weighted by Crippen LogP contribution is -2.48. The third-order valence-electron chi connectivity index (χ3n) is 4.90. The lowest BCUT2D eigenvalue weighted by molar-refractivity contribution is -0.117. The zero-order chi connectivity index (χ0) is 20.1. The van der Waals surface area contributed by atoms with Crippen molar-refractivity contribution in [3.8, 4) is 5.75 Å². The maximum Gasteiger partial charge on any atom is 0.238 e. The number of aryl methyl sites for hydroxylation is 1. The topological polar surface area (TPSA) is 44.8 Å². The number of halogens is 2. The number of nitrogens with zero attached hydrogens (tertiary/aromatic N) is 2. The van der Waals surface area contributed by atoms with E-state index in [9.17, 15) is 9.18 Å². The maximum absolute atomic E-state index is 14.0. The molecule has 1 aliphatic rings. The minimum atomic E-state index is -0.276. The van der Waals surface area contributed by atoms with E-state index in [1.54, 1.807) is 19.2 Å². The van der Waals surface area contributed by atoms with Gasteiger partial charge in [0, 0.05) is 43.3 Å². The predicted octanol–water partition coefficient (Wildman–Crippen LogP) is 3.55. The second-order valence-corrected chi connectivity index (χ2v) is 7.41. The van der Waals surface area contributed by atoms with E-state index >= 15 is 0 Å². The first-order valence-corrected chi connectivity index (χ1v) is 9.66. The molecule has 3 rings (SSSR count). The molecular weight excluding hydrogens is 381 g/mol. The monoisotopic (exact) mass is 405 g/mol. The van der Waals surface area contributed by atoms with Gasteiger partial charge in [-0.2, -0.15) is 0 Å². The fraction of sp³-hybridized carbons (Fsp3) is 0.381. The van der Waals surface area contributed by atoms with Crippen LogP contribution in [0.3, 0.4) is 0 Å². The van der Waals surface area contributed by atoms with Gasteiger partial charge in [0.15, 0.2) is 0 Å². The highest BCUT2D eigenvalue weighted by molar-refractivity contribution is 6.31. The van der Waals surface area contributed by atoms with Crippen molar-refractivity contribution in [3.63, 3.8) is 0 Å². The lowest BCUT2D eigenvalue weighted by Gasteiger charge is -2.34. The van der Waals surface area contributed by atoms with E-state index in [1.165, 1.54) is 6.07 Å². The van der Waals surface area contributed by atoms with Gasteiger partial charge in [-0.15, -0.1) is 0 Å². The maximum atomic E-state index is 14.0. The van der Waals surface area contributed by atoms with Crippen LogP contribution in [0.25, 0.3) is 0 Å². The van der Waals surface area contributed by atoms with Gasteiger partial charge in [0.1, 0.15) is 11.6 Å². The largest absolute Gasteiger partial charge is 0.495 e. The molecule has 0 bridgehead atoms. The van der Waals surface area contributed by atoms with Crippen LogP contribution < -0.4 is 10.1 Å². The summed E-state index contributed by atoms with van der Waals surface area (Å²) in [7, 11) is 1.58. The first kappa shape index (κ1) is 20.6. The van der Waals surface area contributed by atoms with E-state index in [4.69, 9.17) is 16.3 Å². The molecule has 0 spiro atoms. The van der Waals surface area contributed by atoms with E-state index in [0.717, 1.165) is 31.7 Å². The molecule has 1 aliphatic heterocycles.